The lowest BCUT2D eigenvalue weighted by atomic mass is 10.2. The number of rotatable bonds is 5. The third kappa shape index (κ3) is 4.06. The largest absolute Gasteiger partial charge is 0.293 e. The highest BCUT2D eigenvalue weighted by Crippen LogP contribution is 2.11. The van der Waals surface area contributed by atoms with Gasteiger partial charge in [-0.1, -0.05) is 35.0 Å². The molecule has 0 N–H and O–H groups in total. The molecule has 1 rings (SSSR count). The van der Waals surface area contributed by atoms with E-state index >= 15 is 0 Å². The monoisotopic (exact) mass is 304 g/mol. The summed E-state index contributed by atoms with van der Waals surface area (Å²) in [6.45, 7) is 1.78. The topological polar surface area (TPSA) is 51.2 Å². The Hall–Kier alpha value is -0.680. The smallest absolute Gasteiger partial charge is 0.177 e. The highest BCUT2D eigenvalue weighted by molar-refractivity contribution is 9.10. The van der Waals surface area contributed by atoms with E-state index in [1.54, 1.807) is 31.2 Å². The van der Waals surface area contributed by atoms with Crippen LogP contribution in [0.4, 0.5) is 0 Å². The van der Waals surface area contributed by atoms with Gasteiger partial charge in [-0.3, -0.25) is 4.79 Å². The first-order valence-corrected chi connectivity index (χ1v) is 7.55. The number of benzene rings is 1. The van der Waals surface area contributed by atoms with Crippen molar-refractivity contribution in [1.29, 1.82) is 0 Å². The SMILES string of the molecule is CCCS(=O)(=O)CC(=O)c1ccc(Br)cc1. The highest BCUT2D eigenvalue weighted by atomic mass is 79.9. The van der Waals surface area contributed by atoms with Crippen LogP contribution < -0.4 is 0 Å². The van der Waals surface area contributed by atoms with Gasteiger partial charge in [0.2, 0.25) is 0 Å². The second kappa shape index (κ2) is 5.59. The standard InChI is InChI=1S/C11H13BrO3S/c1-2-7-16(14,15)8-11(13)9-3-5-10(12)6-4-9/h3-6H,2,7-8H2,1H3. The van der Waals surface area contributed by atoms with Gasteiger partial charge < -0.3 is 0 Å². The van der Waals surface area contributed by atoms with Gasteiger partial charge in [0.25, 0.3) is 0 Å². The first-order valence-electron chi connectivity index (χ1n) is 4.94. The minimum absolute atomic E-state index is 0.0648. The van der Waals surface area contributed by atoms with Crippen molar-refractivity contribution < 1.29 is 13.2 Å². The predicted molar refractivity (Wildman–Crippen MR) is 67.4 cm³/mol. The molecule has 5 heteroatoms. The minimum atomic E-state index is -3.25. The minimum Gasteiger partial charge on any atom is -0.293 e. The van der Waals surface area contributed by atoms with Crippen molar-refractivity contribution in [3.05, 3.63) is 34.3 Å². The molecule has 0 aliphatic rings. The Morgan fingerprint density at radius 3 is 2.31 bits per heavy atom. The van der Waals surface area contributed by atoms with Crippen molar-refractivity contribution in [3.63, 3.8) is 0 Å². The molecule has 1 aromatic rings. The van der Waals surface area contributed by atoms with Gasteiger partial charge in [0, 0.05) is 10.0 Å². The number of hydrogen-bond donors (Lipinski definition) is 0. The molecule has 0 heterocycles. The molecular weight excluding hydrogens is 292 g/mol. The fraction of sp³-hybridized carbons (Fsp3) is 0.364. The molecular formula is C11H13BrO3S. The Kier molecular flexibility index (Phi) is 4.68. The molecule has 1 aromatic carbocycles. The zero-order valence-electron chi connectivity index (χ0n) is 8.94. The van der Waals surface area contributed by atoms with Gasteiger partial charge >= 0.3 is 0 Å². The number of ketones is 1. The molecule has 0 saturated heterocycles. The van der Waals surface area contributed by atoms with Crippen molar-refractivity contribution in [2.24, 2.45) is 0 Å². The quantitative estimate of drug-likeness (QED) is 0.785. The Bertz CT molecular complexity index is 463. The molecule has 0 bridgehead atoms. The summed E-state index contributed by atoms with van der Waals surface area (Å²) in [5.41, 5.74) is 0.433. The van der Waals surface area contributed by atoms with Gasteiger partial charge in [0.05, 0.1) is 5.75 Å². The Labute approximate surface area is 104 Å². The second-order valence-corrected chi connectivity index (χ2v) is 6.62. The molecule has 0 radical (unpaired) electrons. The van der Waals surface area contributed by atoms with E-state index in [1.807, 2.05) is 0 Å². The van der Waals surface area contributed by atoms with E-state index in [0.29, 0.717) is 12.0 Å². The van der Waals surface area contributed by atoms with Crippen LogP contribution in [-0.2, 0) is 9.84 Å². The van der Waals surface area contributed by atoms with Crippen molar-refractivity contribution in [1.82, 2.24) is 0 Å². The zero-order valence-corrected chi connectivity index (χ0v) is 11.3. The molecule has 3 nitrogen and oxygen atoms in total. The lowest BCUT2D eigenvalue weighted by molar-refractivity contribution is 0.102. The molecule has 0 fully saturated rings. The fourth-order valence-electron chi connectivity index (χ4n) is 1.30. The van der Waals surface area contributed by atoms with Crippen molar-refractivity contribution in [3.8, 4) is 0 Å². The summed E-state index contributed by atoms with van der Waals surface area (Å²) >= 11 is 3.25. The van der Waals surface area contributed by atoms with E-state index < -0.39 is 15.6 Å². The van der Waals surface area contributed by atoms with Crippen LogP contribution in [0.25, 0.3) is 0 Å². The maximum Gasteiger partial charge on any atom is 0.177 e. The van der Waals surface area contributed by atoms with Crippen molar-refractivity contribution >= 4 is 31.6 Å². The summed E-state index contributed by atoms with van der Waals surface area (Å²) in [4.78, 5) is 11.7. The lowest BCUT2D eigenvalue weighted by Gasteiger charge is -2.02. The Morgan fingerprint density at radius 2 is 1.81 bits per heavy atom. The number of hydrogen-bond acceptors (Lipinski definition) is 3. The van der Waals surface area contributed by atoms with Crippen molar-refractivity contribution in [2.45, 2.75) is 13.3 Å². The van der Waals surface area contributed by atoms with E-state index in [-0.39, 0.29) is 11.5 Å². The first-order chi connectivity index (χ1) is 7.44. The van der Waals surface area contributed by atoms with Crippen LogP contribution >= 0.6 is 15.9 Å². The van der Waals surface area contributed by atoms with Crippen molar-refractivity contribution in [2.75, 3.05) is 11.5 Å². The third-order valence-electron chi connectivity index (χ3n) is 2.03. The fourth-order valence-corrected chi connectivity index (χ4v) is 2.90. The molecule has 88 valence electrons. The lowest BCUT2D eigenvalue weighted by Crippen LogP contribution is -2.18. The van der Waals surface area contributed by atoms with Gasteiger partial charge in [-0.2, -0.15) is 0 Å². The molecule has 0 aliphatic heterocycles. The predicted octanol–water partition coefficient (Wildman–Crippen LogP) is 2.46. The Morgan fingerprint density at radius 1 is 1.25 bits per heavy atom. The summed E-state index contributed by atoms with van der Waals surface area (Å²) in [6.07, 6.45) is 0.538. The Balaban J connectivity index is 2.77. The van der Waals surface area contributed by atoms with Gasteiger partial charge in [-0.15, -0.1) is 0 Å². The molecule has 0 atom stereocenters. The number of Topliss-reactive ketones (excluding diaryl/α,β-unsaturated/α-hetero) is 1. The average molecular weight is 305 g/mol. The maximum atomic E-state index is 11.7. The van der Waals surface area contributed by atoms with E-state index in [1.165, 1.54) is 0 Å². The average Bonchev–Trinajstić information content (AvgIpc) is 2.17. The first kappa shape index (κ1) is 13.4. The summed E-state index contributed by atoms with van der Waals surface area (Å²) in [7, 11) is -3.25. The van der Waals surface area contributed by atoms with Crippen LogP contribution in [0.15, 0.2) is 28.7 Å². The summed E-state index contributed by atoms with van der Waals surface area (Å²) in [5.74, 6) is -0.682. The normalized spacial score (nSPS) is 11.4. The molecule has 0 aliphatic carbocycles. The van der Waals surface area contributed by atoms with E-state index in [0.717, 1.165) is 4.47 Å². The number of carbonyl (C=O) groups excluding carboxylic acids is 1. The van der Waals surface area contributed by atoms with Crippen LogP contribution in [0.2, 0.25) is 0 Å². The molecule has 0 aromatic heterocycles. The van der Waals surface area contributed by atoms with Gasteiger partial charge in [-0.25, -0.2) is 8.42 Å². The summed E-state index contributed by atoms with van der Waals surface area (Å²) in [5, 5.41) is 0. The van der Waals surface area contributed by atoms with Crippen LogP contribution in [-0.4, -0.2) is 25.7 Å². The summed E-state index contributed by atoms with van der Waals surface area (Å²) < 4.78 is 23.8. The van der Waals surface area contributed by atoms with Crippen LogP contribution in [0.1, 0.15) is 23.7 Å². The van der Waals surface area contributed by atoms with Crippen LogP contribution in [0, 0.1) is 0 Å². The second-order valence-electron chi connectivity index (χ2n) is 3.52. The maximum absolute atomic E-state index is 11.7. The molecule has 16 heavy (non-hydrogen) atoms. The summed E-state index contributed by atoms with van der Waals surface area (Å²) in [6, 6.07) is 6.68. The van der Waals surface area contributed by atoms with Crippen LogP contribution in [0.5, 0.6) is 0 Å². The zero-order chi connectivity index (χ0) is 12.2. The van der Waals surface area contributed by atoms with E-state index in [2.05, 4.69) is 15.9 Å². The van der Waals surface area contributed by atoms with Gasteiger partial charge in [0.15, 0.2) is 15.6 Å². The number of sulfone groups is 1. The highest BCUT2D eigenvalue weighted by Gasteiger charge is 2.16. The molecule has 0 saturated carbocycles. The number of carbonyl (C=O) groups is 1. The molecule has 0 amide bonds. The van der Waals surface area contributed by atoms with Gasteiger partial charge in [-0.05, 0) is 18.6 Å². The third-order valence-corrected chi connectivity index (χ3v) is 4.29. The van der Waals surface area contributed by atoms with Gasteiger partial charge in [0.1, 0.15) is 5.75 Å². The van der Waals surface area contributed by atoms with E-state index in [4.69, 9.17) is 0 Å². The number of halogens is 1. The molecule has 0 unspecified atom stereocenters. The van der Waals surface area contributed by atoms with Crippen LogP contribution in [0.3, 0.4) is 0 Å². The molecule has 0 spiro atoms. The van der Waals surface area contributed by atoms with E-state index in [9.17, 15) is 13.2 Å².